The van der Waals surface area contributed by atoms with E-state index in [1.54, 1.807) is 19.2 Å². The molecule has 0 aliphatic rings. The molecule has 0 amide bonds. The van der Waals surface area contributed by atoms with Crippen molar-refractivity contribution >= 4 is 6.47 Å². The van der Waals surface area contributed by atoms with Crippen molar-refractivity contribution in [3.63, 3.8) is 0 Å². The lowest BCUT2D eigenvalue weighted by molar-refractivity contribution is -0.128. The van der Waals surface area contributed by atoms with Crippen LogP contribution in [0, 0.1) is 0 Å². The van der Waals surface area contributed by atoms with Gasteiger partial charge in [-0.2, -0.15) is 0 Å². The number of aromatic nitrogens is 1. The van der Waals surface area contributed by atoms with Crippen molar-refractivity contribution in [1.82, 2.24) is 4.98 Å². The SMILES string of the molecule is CCOC=O.COc1ccncc1O. The first-order valence-electron chi connectivity index (χ1n) is 3.98. The van der Waals surface area contributed by atoms with Gasteiger partial charge in [0, 0.05) is 12.3 Å². The minimum absolute atomic E-state index is 0.0694. The van der Waals surface area contributed by atoms with Crippen LogP contribution in [0.15, 0.2) is 18.5 Å². The summed E-state index contributed by atoms with van der Waals surface area (Å²) in [5, 5.41) is 8.92. The zero-order valence-electron chi connectivity index (χ0n) is 8.14. The molecule has 0 aliphatic heterocycles. The molecule has 0 bridgehead atoms. The molecule has 0 saturated carbocycles. The highest BCUT2D eigenvalue weighted by atomic mass is 16.5. The molecule has 1 aromatic rings. The maximum Gasteiger partial charge on any atom is 0.293 e. The third kappa shape index (κ3) is 4.97. The molecule has 1 aromatic heterocycles. The summed E-state index contributed by atoms with van der Waals surface area (Å²) in [4.78, 5) is 12.8. The Morgan fingerprint density at radius 2 is 2.36 bits per heavy atom. The highest BCUT2D eigenvalue weighted by molar-refractivity contribution is 5.36. The average molecular weight is 199 g/mol. The second-order valence-corrected chi connectivity index (χ2v) is 2.10. The second-order valence-electron chi connectivity index (χ2n) is 2.10. The number of rotatable bonds is 3. The Hall–Kier alpha value is -1.78. The number of carbonyl (C=O) groups excluding carboxylic acids is 1. The normalized spacial score (nSPS) is 8.14. The molecule has 14 heavy (non-hydrogen) atoms. The van der Waals surface area contributed by atoms with E-state index in [0.29, 0.717) is 18.8 Å². The Kier molecular flexibility index (Phi) is 6.85. The van der Waals surface area contributed by atoms with Gasteiger partial charge in [-0.3, -0.25) is 9.78 Å². The lowest BCUT2D eigenvalue weighted by Crippen LogP contribution is -1.82. The van der Waals surface area contributed by atoms with E-state index in [-0.39, 0.29) is 5.75 Å². The average Bonchev–Trinajstić information content (AvgIpc) is 2.21. The third-order valence-electron chi connectivity index (χ3n) is 1.22. The smallest absolute Gasteiger partial charge is 0.293 e. The maximum absolute atomic E-state index is 9.18. The molecule has 0 radical (unpaired) electrons. The number of carbonyl (C=O) groups is 1. The van der Waals surface area contributed by atoms with E-state index in [1.165, 1.54) is 13.3 Å². The standard InChI is InChI=1S/C6H7NO2.C3H6O2/c1-9-6-2-3-7-4-5(6)8;1-2-5-3-4/h2-4,8H,1H3;3H,2H2,1H3. The molecule has 5 nitrogen and oxygen atoms in total. The highest BCUT2D eigenvalue weighted by Crippen LogP contribution is 2.21. The van der Waals surface area contributed by atoms with E-state index >= 15 is 0 Å². The van der Waals surface area contributed by atoms with E-state index in [4.69, 9.17) is 9.84 Å². The Morgan fingerprint density at radius 1 is 1.64 bits per heavy atom. The lowest BCUT2D eigenvalue weighted by Gasteiger charge is -1.98. The van der Waals surface area contributed by atoms with Crippen LogP contribution in [0.25, 0.3) is 0 Å². The van der Waals surface area contributed by atoms with Gasteiger partial charge in [0.2, 0.25) is 0 Å². The number of methoxy groups -OCH3 is 1. The fraction of sp³-hybridized carbons (Fsp3) is 0.333. The molecular formula is C9H13NO4. The van der Waals surface area contributed by atoms with E-state index in [0.717, 1.165) is 0 Å². The number of hydrogen-bond donors (Lipinski definition) is 1. The zero-order valence-corrected chi connectivity index (χ0v) is 8.14. The van der Waals surface area contributed by atoms with E-state index in [2.05, 4.69) is 9.72 Å². The van der Waals surface area contributed by atoms with E-state index in [9.17, 15) is 4.79 Å². The largest absolute Gasteiger partial charge is 0.503 e. The molecule has 0 atom stereocenters. The third-order valence-corrected chi connectivity index (χ3v) is 1.22. The Balaban J connectivity index is 0.000000292. The number of pyridine rings is 1. The second kappa shape index (κ2) is 7.85. The van der Waals surface area contributed by atoms with Gasteiger partial charge in [0.05, 0.1) is 19.9 Å². The van der Waals surface area contributed by atoms with Crippen molar-refractivity contribution in [2.75, 3.05) is 13.7 Å². The first-order valence-corrected chi connectivity index (χ1v) is 3.98. The van der Waals surface area contributed by atoms with Crippen LogP contribution < -0.4 is 4.74 Å². The van der Waals surface area contributed by atoms with Gasteiger partial charge in [-0.15, -0.1) is 0 Å². The summed E-state index contributed by atoms with van der Waals surface area (Å²) in [6.45, 7) is 2.66. The van der Waals surface area contributed by atoms with Gasteiger partial charge in [-0.05, 0) is 6.92 Å². The molecule has 0 aromatic carbocycles. The molecule has 0 aliphatic carbocycles. The number of ether oxygens (including phenoxy) is 2. The molecule has 0 saturated heterocycles. The van der Waals surface area contributed by atoms with Crippen molar-refractivity contribution in [3.8, 4) is 11.5 Å². The highest BCUT2D eigenvalue weighted by Gasteiger charge is 1.95. The van der Waals surface area contributed by atoms with Gasteiger partial charge in [-0.25, -0.2) is 0 Å². The lowest BCUT2D eigenvalue weighted by atomic mass is 10.4. The van der Waals surface area contributed by atoms with Crippen molar-refractivity contribution in [2.24, 2.45) is 0 Å². The Bertz CT molecular complexity index is 265. The molecule has 1 rings (SSSR count). The van der Waals surface area contributed by atoms with Crippen LogP contribution in [0.4, 0.5) is 0 Å². The summed E-state index contributed by atoms with van der Waals surface area (Å²) < 4.78 is 8.91. The topological polar surface area (TPSA) is 68.7 Å². The fourth-order valence-electron chi connectivity index (χ4n) is 0.614. The minimum Gasteiger partial charge on any atom is -0.503 e. The summed E-state index contributed by atoms with van der Waals surface area (Å²) in [6.07, 6.45) is 2.89. The van der Waals surface area contributed by atoms with Crippen LogP contribution in [0.1, 0.15) is 6.92 Å². The van der Waals surface area contributed by atoms with Crippen molar-refractivity contribution in [1.29, 1.82) is 0 Å². The van der Waals surface area contributed by atoms with Crippen LogP contribution in [0.5, 0.6) is 11.5 Å². The molecule has 1 N–H and O–H groups in total. The van der Waals surface area contributed by atoms with Crippen LogP contribution in [-0.4, -0.2) is 30.3 Å². The first kappa shape index (κ1) is 12.2. The Morgan fingerprint density at radius 3 is 2.64 bits per heavy atom. The zero-order chi connectivity index (χ0) is 10.8. The Labute approximate surface area is 82.3 Å². The molecule has 0 unspecified atom stereocenters. The molecule has 78 valence electrons. The molecular weight excluding hydrogens is 186 g/mol. The quantitative estimate of drug-likeness (QED) is 0.735. The number of nitrogens with zero attached hydrogens (tertiary/aromatic N) is 1. The minimum atomic E-state index is 0.0694. The van der Waals surface area contributed by atoms with Gasteiger partial charge in [0.1, 0.15) is 0 Å². The molecule has 0 fully saturated rings. The van der Waals surface area contributed by atoms with Crippen molar-refractivity contribution in [2.45, 2.75) is 6.92 Å². The number of aromatic hydroxyl groups is 1. The van der Waals surface area contributed by atoms with Crippen molar-refractivity contribution < 1.29 is 19.4 Å². The monoisotopic (exact) mass is 199 g/mol. The van der Waals surface area contributed by atoms with Crippen LogP contribution in [-0.2, 0) is 9.53 Å². The summed E-state index contributed by atoms with van der Waals surface area (Å²) >= 11 is 0. The van der Waals surface area contributed by atoms with Gasteiger partial charge >= 0.3 is 0 Å². The summed E-state index contributed by atoms with van der Waals surface area (Å²) in [7, 11) is 1.50. The molecule has 5 heteroatoms. The summed E-state index contributed by atoms with van der Waals surface area (Å²) in [6, 6.07) is 1.59. The van der Waals surface area contributed by atoms with Crippen LogP contribution in [0.3, 0.4) is 0 Å². The van der Waals surface area contributed by atoms with Crippen molar-refractivity contribution in [3.05, 3.63) is 18.5 Å². The fourth-order valence-corrected chi connectivity index (χ4v) is 0.614. The van der Waals surface area contributed by atoms with Gasteiger partial charge < -0.3 is 14.6 Å². The molecule has 0 spiro atoms. The van der Waals surface area contributed by atoms with Gasteiger partial charge in [0.25, 0.3) is 6.47 Å². The number of hydrogen-bond acceptors (Lipinski definition) is 5. The predicted molar refractivity (Wildman–Crippen MR) is 50.1 cm³/mol. The van der Waals surface area contributed by atoms with Crippen LogP contribution in [0.2, 0.25) is 0 Å². The van der Waals surface area contributed by atoms with Gasteiger partial charge in [-0.1, -0.05) is 0 Å². The predicted octanol–water partition coefficient (Wildman–Crippen LogP) is 0.975. The van der Waals surface area contributed by atoms with E-state index in [1.807, 2.05) is 0 Å². The van der Waals surface area contributed by atoms with Crippen LogP contribution >= 0.6 is 0 Å². The summed E-state index contributed by atoms with van der Waals surface area (Å²) in [5.41, 5.74) is 0. The summed E-state index contributed by atoms with van der Waals surface area (Å²) in [5.74, 6) is 0.519. The first-order chi connectivity index (χ1) is 6.76. The molecule has 1 heterocycles. The maximum atomic E-state index is 9.18. The van der Waals surface area contributed by atoms with Gasteiger partial charge in [0.15, 0.2) is 11.5 Å². The van der Waals surface area contributed by atoms with E-state index < -0.39 is 0 Å².